The van der Waals surface area contributed by atoms with Gasteiger partial charge in [-0.1, -0.05) is 42.5 Å². The highest BCUT2D eigenvalue weighted by Crippen LogP contribution is 2.39. The molecule has 4 rings (SSSR count). The van der Waals surface area contributed by atoms with Crippen molar-refractivity contribution in [3.8, 4) is 5.75 Å². The molecule has 0 amide bonds. The van der Waals surface area contributed by atoms with Crippen LogP contribution < -0.4 is 10.1 Å². The summed E-state index contributed by atoms with van der Waals surface area (Å²) < 4.78 is 12.5. The molecule has 0 fully saturated rings. The molecule has 0 bridgehead atoms. The Labute approximate surface area is 162 Å². The van der Waals surface area contributed by atoms with Crippen LogP contribution in [0.3, 0.4) is 0 Å². The maximum absolute atomic E-state index is 13.0. The quantitative estimate of drug-likeness (QED) is 0.689. The molecule has 7 nitrogen and oxygen atoms in total. The molecule has 2 heterocycles. The van der Waals surface area contributed by atoms with Gasteiger partial charge >= 0.3 is 5.97 Å². The zero-order valence-corrected chi connectivity index (χ0v) is 15.6. The fraction of sp³-hybridized carbons (Fsp3) is 0.190. The molecule has 28 heavy (non-hydrogen) atoms. The monoisotopic (exact) mass is 376 g/mol. The first-order valence-electron chi connectivity index (χ1n) is 9.00. The number of carbonyl (C=O) groups is 1. The summed E-state index contributed by atoms with van der Waals surface area (Å²) >= 11 is 0. The van der Waals surface area contributed by atoms with Gasteiger partial charge in [-0.3, -0.25) is 0 Å². The zero-order chi connectivity index (χ0) is 19.5. The Hall–Kier alpha value is -3.61. The van der Waals surface area contributed by atoms with Crippen LogP contribution in [0.4, 0.5) is 5.95 Å². The van der Waals surface area contributed by atoms with Gasteiger partial charge < -0.3 is 14.8 Å². The Morgan fingerprint density at radius 2 is 2.00 bits per heavy atom. The minimum atomic E-state index is -0.497. The van der Waals surface area contributed by atoms with Crippen molar-refractivity contribution in [2.24, 2.45) is 0 Å². The van der Waals surface area contributed by atoms with E-state index in [1.54, 1.807) is 18.7 Å². The zero-order valence-electron chi connectivity index (χ0n) is 15.6. The van der Waals surface area contributed by atoms with Gasteiger partial charge in [0.1, 0.15) is 18.1 Å². The number of hydrogen-bond acceptors (Lipinski definition) is 6. The lowest BCUT2D eigenvalue weighted by atomic mass is 9.93. The number of esters is 1. The summed E-state index contributed by atoms with van der Waals surface area (Å²) in [5.41, 5.74) is 2.85. The fourth-order valence-corrected chi connectivity index (χ4v) is 3.34. The molecular weight excluding hydrogens is 356 g/mol. The molecule has 0 unspecified atom stereocenters. The Bertz CT molecular complexity index is 1030. The lowest BCUT2D eigenvalue weighted by Crippen LogP contribution is -2.30. The summed E-state index contributed by atoms with van der Waals surface area (Å²) in [5, 5.41) is 7.60. The number of benzene rings is 2. The third kappa shape index (κ3) is 3.11. The molecule has 7 heteroatoms. The molecule has 2 aromatic carbocycles. The highest BCUT2D eigenvalue weighted by Gasteiger charge is 2.36. The maximum atomic E-state index is 13.0. The summed E-state index contributed by atoms with van der Waals surface area (Å²) in [5.74, 6) is 0.852. The topological polar surface area (TPSA) is 78.3 Å². The van der Waals surface area contributed by atoms with Gasteiger partial charge in [-0.2, -0.15) is 10.1 Å². The van der Waals surface area contributed by atoms with E-state index in [9.17, 15) is 4.79 Å². The van der Waals surface area contributed by atoms with Gasteiger partial charge in [0.05, 0.1) is 25.0 Å². The molecule has 1 N–H and O–H groups in total. The number of carbonyl (C=O) groups excluding carboxylic acids is 1. The van der Waals surface area contributed by atoms with Crippen LogP contribution in [0.15, 0.2) is 66.5 Å². The number of nitrogens with zero attached hydrogens (tertiary/aromatic N) is 3. The number of aromatic nitrogens is 3. The van der Waals surface area contributed by atoms with Crippen LogP contribution in [0.25, 0.3) is 5.70 Å². The summed E-state index contributed by atoms with van der Waals surface area (Å²) in [6, 6.07) is 16.7. The number of anilines is 1. The first-order valence-corrected chi connectivity index (χ1v) is 9.00. The van der Waals surface area contributed by atoms with Crippen LogP contribution in [0, 0.1) is 0 Å². The Balaban J connectivity index is 1.96. The molecule has 0 aliphatic carbocycles. The van der Waals surface area contributed by atoms with Crippen molar-refractivity contribution in [3.63, 3.8) is 0 Å². The molecule has 1 aliphatic heterocycles. The minimum Gasteiger partial charge on any atom is -0.497 e. The van der Waals surface area contributed by atoms with Crippen molar-refractivity contribution in [2.45, 2.75) is 13.0 Å². The highest BCUT2D eigenvalue weighted by atomic mass is 16.5. The number of nitrogens with one attached hydrogen (secondary N) is 1. The summed E-state index contributed by atoms with van der Waals surface area (Å²) in [4.78, 5) is 17.4. The molecule has 3 aromatic rings. The van der Waals surface area contributed by atoms with Crippen molar-refractivity contribution in [1.29, 1.82) is 0 Å². The van der Waals surface area contributed by atoms with E-state index in [0.717, 1.165) is 11.1 Å². The predicted molar refractivity (Wildman–Crippen MR) is 105 cm³/mol. The lowest BCUT2D eigenvalue weighted by Gasteiger charge is -2.29. The van der Waals surface area contributed by atoms with E-state index in [2.05, 4.69) is 15.4 Å². The van der Waals surface area contributed by atoms with Crippen LogP contribution >= 0.6 is 0 Å². The smallest absolute Gasteiger partial charge is 0.338 e. The molecule has 1 aromatic heterocycles. The van der Waals surface area contributed by atoms with E-state index >= 15 is 0 Å². The first-order chi connectivity index (χ1) is 13.7. The van der Waals surface area contributed by atoms with Crippen LogP contribution in [-0.2, 0) is 9.53 Å². The van der Waals surface area contributed by atoms with E-state index in [-0.39, 0.29) is 6.61 Å². The predicted octanol–water partition coefficient (Wildman–Crippen LogP) is 3.28. The SMILES string of the molecule is CCOC(=O)C1=C(c2ccccc2)Nc2ncnn2[C@@H]1c1cccc(OC)c1. The highest BCUT2D eigenvalue weighted by molar-refractivity contribution is 6.02. The molecule has 0 saturated heterocycles. The third-order valence-corrected chi connectivity index (χ3v) is 4.56. The average Bonchev–Trinajstić information content (AvgIpc) is 3.21. The number of fused-ring (bicyclic) bond motifs is 1. The summed E-state index contributed by atoms with van der Waals surface area (Å²) in [6.45, 7) is 2.07. The molecule has 1 atom stereocenters. The van der Waals surface area contributed by atoms with Crippen LogP contribution in [0.2, 0.25) is 0 Å². The van der Waals surface area contributed by atoms with Gasteiger partial charge in [0.25, 0.3) is 0 Å². The van der Waals surface area contributed by atoms with Crippen molar-refractivity contribution < 1.29 is 14.3 Å². The largest absolute Gasteiger partial charge is 0.497 e. The molecule has 0 radical (unpaired) electrons. The van der Waals surface area contributed by atoms with Crippen LogP contribution in [0.5, 0.6) is 5.75 Å². The molecular formula is C21H20N4O3. The second-order valence-electron chi connectivity index (χ2n) is 6.21. The second-order valence-corrected chi connectivity index (χ2v) is 6.21. The van der Waals surface area contributed by atoms with E-state index in [4.69, 9.17) is 9.47 Å². The molecule has 1 aliphatic rings. The lowest BCUT2D eigenvalue weighted by molar-refractivity contribution is -0.138. The second kappa shape index (κ2) is 7.56. The normalized spacial score (nSPS) is 15.6. The average molecular weight is 376 g/mol. The van der Waals surface area contributed by atoms with Crippen LogP contribution in [-0.4, -0.2) is 34.5 Å². The van der Waals surface area contributed by atoms with E-state index in [0.29, 0.717) is 23.0 Å². The van der Waals surface area contributed by atoms with Gasteiger partial charge in [0.15, 0.2) is 0 Å². The summed E-state index contributed by atoms with van der Waals surface area (Å²) in [7, 11) is 1.61. The molecule has 0 spiro atoms. The van der Waals surface area contributed by atoms with E-state index in [1.807, 2.05) is 54.6 Å². The summed E-state index contributed by atoms with van der Waals surface area (Å²) in [6.07, 6.45) is 1.46. The van der Waals surface area contributed by atoms with Gasteiger partial charge in [-0.05, 0) is 30.2 Å². The Morgan fingerprint density at radius 3 is 2.75 bits per heavy atom. The number of hydrogen-bond donors (Lipinski definition) is 1. The third-order valence-electron chi connectivity index (χ3n) is 4.56. The number of ether oxygens (including phenoxy) is 2. The van der Waals surface area contributed by atoms with Gasteiger partial charge in [-0.15, -0.1) is 0 Å². The fourth-order valence-electron chi connectivity index (χ4n) is 3.34. The Morgan fingerprint density at radius 1 is 1.18 bits per heavy atom. The Kier molecular flexibility index (Phi) is 4.80. The van der Waals surface area contributed by atoms with E-state index < -0.39 is 12.0 Å². The van der Waals surface area contributed by atoms with Gasteiger partial charge in [-0.25, -0.2) is 9.48 Å². The van der Waals surface area contributed by atoms with Crippen molar-refractivity contribution in [3.05, 3.63) is 77.6 Å². The standard InChI is InChI=1S/C21H20N4O3/c1-3-28-20(26)17-18(14-8-5-4-6-9-14)24-21-22-13-23-25(21)19(17)15-10-7-11-16(12-15)27-2/h4-13,19H,3H2,1-2H3,(H,22,23,24)/t19-/m1/s1. The minimum absolute atomic E-state index is 0.277. The van der Waals surface area contributed by atoms with Crippen molar-refractivity contribution in [2.75, 3.05) is 19.0 Å². The molecule has 142 valence electrons. The molecule has 0 saturated carbocycles. The number of methoxy groups -OCH3 is 1. The van der Waals surface area contributed by atoms with Crippen molar-refractivity contribution >= 4 is 17.6 Å². The van der Waals surface area contributed by atoms with Crippen molar-refractivity contribution in [1.82, 2.24) is 14.8 Å². The van der Waals surface area contributed by atoms with Crippen LogP contribution in [0.1, 0.15) is 24.1 Å². The van der Waals surface area contributed by atoms with E-state index in [1.165, 1.54) is 6.33 Å². The van der Waals surface area contributed by atoms with Gasteiger partial charge in [0, 0.05) is 0 Å². The number of rotatable bonds is 5. The van der Waals surface area contributed by atoms with Gasteiger partial charge in [0.2, 0.25) is 5.95 Å². The maximum Gasteiger partial charge on any atom is 0.338 e. The first kappa shape index (κ1) is 17.8.